The molecule has 3 aromatic carbocycles. The molecule has 1 fully saturated rings. The Kier molecular flexibility index (Phi) is 4.04. The van der Waals surface area contributed by atoms with Crippen molar-refractivity contribution in [3.05, 3.63) is 79.9 Å². The molecule has 0 radical (unpaired) electrons. The monoisotopic (exact) mass is 356 g/mol. The Hall–Kier alpha value is -3.40. The Morgan fingerprint density at radius 3 is 2.07 bits per heavy atom. The summed E-state index contributed by atoms with van der Waals surface area (Å²) in [6, 6.07) is 18.1. The fourth-order valence-electron chi connectivity index (χ4n) is 3.75. The molecule has 27 heavy (non-hydrogen) atoms. The first-order valence-electron chi connectivity index (χ1n) is 8.89. The van der Waals surface area contributed by atoms with Crippen molar-refractivity contribution in [1.29, 1.82) is 0 Å². The van der Waals surface area contributed by atoms with E-state index in [0.717, 1.165) is 16.2 Å². The second-order valence-electron chi connectivity index (χ2n) is 6.88. The van der Waals surface area contributed by atoms with E-state index in [1.54, 1.807) is 12.2 Å². The zero-order chi connectivity index (χ0) is 19.0. The predicted octanol–water partition coefficient (Wildman–Crippen LogP) is 4.51. The summed E-state index contributed by atoms with van der Waals surface area (Å²) in [5, 5.41) is 5.74. The van der Waals surface area contributed by atoms with Gasteiger partial charge in [0, 0.05) is 0 Å². The van der Waals surface area contributed by atoms with E-state index in [2.05, 4.69) is 42.8 Å². The third-order valence-corrected chi connectivity index (χ3v) is 5.19. The van der Waals surface area contributed by atoms with E-state index in [1.807, 2.05) is 30.3 Å². The van der Waals surface area contributed by atoms with Gasteiger partial charge < -0.3 is 0 Å². The van der Waals surface area contributed by atoms with Gasteiger partial charge in [-0.25, -0.2) is 5.01 Å². The van der Waals surface area contributed by atoms with Crippen molar-refractivity contribution in [1.82, 2.24) is 5.43 Å². The number of rotatable bonds is 5. The van der Waals surface area contributed by atoms with Crippen LogP contribution in [0.2, 0.25) is 0 Å². The Morgan fingerprint density at radius 1 is 0.852 bits per heavy atom. The van der Waals surface area contributed by atoms with Gasteiger partial charge in [0.1, 0.15) is 5.41 Å². The molecule has 1 aliphatic heterocycles. The third kappa shape index (κ3) is 2.61. The smallest absolute Gasteiger partial charge is 0.262 e. The number of hydrazine groups is 1. The van der Waals surface area contributed by atoms with Crippen LogP contribution in [0.25, 0.3) is 21.5 Å². The van der Waals surface area contributed by atoms with Gasteiger partial charge in [0.25, 0.3) is 11.8 Å². The first-order chi connectivity index (χ1) is 13.1. The van der Waals surface area contributed by atoms with E-state index in [-0.39, 0.29) is 24.7 Å². The van der Waals surface area contributed by atoms with Gasteiger partial charge in [0.2, 0.25) is 0 Å². The summed E-state index contributed by atoms with van der Waals surface area (Å²) in [5.41, 5.74) is 2.21. The van der Waals surface area contributed by atoms with Gasteiger partial charge >= 0.3 is 0 Å². The molecule has 3 aromatic rings. The Bertz CT molecular complexity index is 1090. The highest BCUT2D eigenvalue weighted by Crippen LogP contribution is 2.37. The number of benzene rings is 3. The van der Waals surface area contributed by atoms with Crippen LogP contribution < -0.4 is 10.4 Å². The normalized spacial score (nSPS) is 15.9. The lowest BCUT2D eigenvalue weighted by Gasteiger charge is -2.21. The number of nitrogens with one attached hydrogen (secondary N) is 1. The molecule has 1 saturated heterocycles. The molecule has 4 rings (SSSR count). The molecule has 0 spiro atoms. The summed E-state index contributed by atoms with van der Waals surface area (Å²) < 4.78 is 0. The second-order valence-corrected chi connectivity index (χ2v) is 6.88. The van der Waals surface area contributed by atoms with E-state index >= 15 is 0 Å². The molecule has 2 amide bonds. The fourth-order valence-corrected chi connectivity index (χ4v) is 3.75. The van der Waals surface area contributed by atoms with E-state index in [1.165, 1.54) is 10.4 Å². The summed E-state index contributed by atoms with van der Waals surface area (Å²) in [6.07, 6.45) is 3.77. The molecule has 0 atom stereocenters. The number of hydrogen-bond acceptors (Lipinski definition) is 2. The average molecular weight is 356 g/mol. The summed E-state index contributed by atoms with van der Waals surface area (Å²) >= 11 is 0. The van der Waals surface area contributed by atoms with E-state index in [9.17, 15) is 9.59 Å². The van der Waals surface area contributed by atoms with E-state index in [4.69, 9.17) is 0 Å². The highest BCUT2D eigenvalue weighted by Gasteiger charge is 2.53. The van der Waals surface area contributed by atoms with Crippen LogP contribution in [-0.2, 0) is 9.59 Å². The number of carbonyl (C=O) groups is 2. The standard InChI is InChI=1S/C23H20N2O2/c1-3-11-23(12-4-2)21(26)24-25(22(23)27)20-10-9-18-13-16-7-5-6-8-17(16)14-19(18)15-20/h3-10,13-15H,1-2,11-12H2,(H,24,26). The van der Waals surface area contributed by atoms with Gasteiger partial charge in [-0.1, -0.05) is 42.5 Å². The minimum Gasteiger partial charge on any atom is -0.272 e. The topological polar surface area (TPSA) is 49.4 Å². The molecular weight excluding hydrogens is 336 g/mol. The van der Waals surface area contributed by atoms with Gasteiger partial charge in [-0.3, -0.25) is 15.0 Å². The third-order valence-electron chi connectivity index (χ3n) is 5.19. The van der Waals surface area contributed by atoms with Gasteiger partial charge in [0.05, 0.1) is 5.69 Å². The molecule has 0 aliphatic carbocycles. The summed E-state index contributed by atoms with van der Waals surface area (Å²) in [4.78, 5) is 25.8. The Morgan fingerprint density at radius 2 is 1.44 bits per heavy atom. The van der Waals surface area contributed by atoms with Crippen molar-refractivity contribution >= 4 is 39.0 Å². The highest BCUT2D eigenvalue weighted by molar-refractivity contribution is 6.18. The maximum Gasteiger partial charge on any atom is 0.262 e. The van der Waals surface area contributed by atoms with Gasteiger partial charge in [-0.2, -0.15) is 0 Å². The fraction of sp³-hybridized carbons (Fsp3) is 0.130. The van der Waals surface area contributed by atoms with E-state index < -0.39 is 5.41 Å². The second kappa shape index (κ2) is 6.40. The summed E-state index contributed by atoms with van der Waals surface area (Å²) in [5.74, 6) is -0.585. The SMILES string of the molecule is C=CCC1(CC=C)C(=O)NN(c2ccc3cc4ccccc4cc3c2)C1=O. The maximum atomic E-state index is 13.1. The van der Waals surface area contributed by atoms with Crippen molar-refractivity contribution < 1.29 is 9.59 Å². The minimum atomic E-state index is -1.16. The summed E-state index contributed by atoms with van der Waals surface area (Å²) in [7, 11) is 0. The number of nitrogens with zero attached hydrogens (tertiary/aromatic N) is 1. The first kappa shape index (κ1) is 17.0. The lowest BCUT2D eigenvalue weighted by molar-refractivity contribution is -0.135. The highest BCUT2D eigenvalue weighted by atomic mass is 16.2. The van der Waals surface area contributed by atoms with Crippen molar-refractivity contribution in [3.8, 4) is 0 Å². The minimum absolute atomic E-state index is 0.271. The van der Waals surface area contributed by atoms with E-state index in [0.29, 0.717) is 5.69 Å². The van der Waals surface area contributed by atoms with Crippen molar-refractivity contribution in [2.24, 2.45) is 5.41 Å². The molecule has 0 aromatic heterocycles. The number of hydrogen-bond donors (Lipinski definition) is 1. The van der Waals surface area contributed by atoms with Crippen molar-refractivity contribution in [3.63, 3.8) is 0 Å². The van der Waals surface area contributed by atoms with Gasteiger partial charge in [-0.15, -0.1) is 13.2 Å². The Balaban J connectivity index is 1.78. The molecule has 1 aliphatic rings. The summed E-state index contributed by atoms with van der Waals surface area (Å²) in [6.45, 7) is 7.41. The van der Waals surface area contributed by atoms with Crippen molar-refractivity contribution in [2.75, 3.05) is 5.01 Å². The van der Waals surface area contributed by atoms with Crippen LogP contribution >= 0.6 is 0 Å². The largest absolute Gasteiger partial charge is 0.272 e. The quantitative estimate of drug-likeness (QED) is 0.415. The lowest BCUT2D eigenvalue weighted by Crippen LogP contribution is -2.37. The molecule has 134 valence electrons. The molecule has 4 heteroatoms. The van der Waals surface area contributed by atoms with Crippen LogP contribution in [0.15, 0.2) is 79.9 Å². The van der Waals surface area contributed by atoms with Crippen LogP contribution in [0, 0.1) is 5.41 Å². The zero-order valence-corrected chi connectivity index (χ0v) is 14.9. The number of carbonyl (C=O) groups excluding carboxylic acids is 2. The maximum absolute atomic E-state index is 13.1. The molecule has 0 bridgehead atoms. The average Bonchev–Trinajstić information content (AvgIpc) is 2.91. The number of fused-ring (bicyclic) bond motifs is 2. The van der Waals surface area contributed by atoms with Crippen LogP contribution in [0.3, 0.4) is 0 Å². The van der Waals surface area contributed by atoms with Crippen LogP contribution in [0.4, 0.5) is 5.69 Å². The molecule has 1 heterocycles. The lowest BCUT2D eigenvalue weighted by atomic mass is 9.80. The molecule has 4 nitrogen and oxygen atoms in total. The predicted molar refractivity (Wildman–Crippen MR) is 109 cm³/mol. The zero-order valence-electron chi connectivity index (χ0n) is 14.9. The molecule has 0 saturated carbocycles. The first-order valence-corrected chi connectivity index (χ1v) is 8.89. The van der Waals surface area contributed by atoms with Gasteiger partial charge in [0.15, 0.2) is 0 Å². The van der Waals surface area contributed by atoms with Gasteiger partial charge in [-0.05, 0) is 58.7 Å². The van der Waals surface area contributed by atoms with Crippen LogP contribution in [-0.4, -0.2) is 11.8 Å². The molecule has 1 N–H and O–H groups in total. The van der Waals surface area contributed by atoms with Crippen molar-refractivity contribution in [2.45, 2.75) is 12.8 Å². The number of amides is 2. The Labute approximate surface area is 157 Å². The number of allylic oxidation sites excluding steroid dienone is 2. The van der Waals surface area contributed by atoms with Crippen LogP contribution in [0.5, 0.6) is 0 Å². The number of anilines is 1. The molecular formula is C23H20N2O2. The molecule has 0 unspecified atom stereocenters. The van der Waals surface area contributed by atoms with Crippen LogP contribution in [0.1, 0.15) is 12.8 Å².